The van der Waals surface area contributed by atoms with Crippen LogP contribution in [0.1, 0.15) is 11.1 Å². The second kappa shape index (κ2) is 6.34. The zero-order valence-corrected chi connectivity index (χ0v) is 12.9. The molecule has 0 unspecified atom stereocenters. The molecule has 5 nitrogen and oxygen atoms in total. The first-order valence-electron chi connectivity index (χ1n) is 7.64. The summed E-state index contributed by atoms with van der Waals surface area (Å²) >= 11 is 0. The molecule has 3 aromatic heterocycles. The lowest BCUT2D eigenvalue weighted by molar-refractivity contribution is 0.803. The summed E-state index contributed by atoms with van der Waals surface area (Å²) in [6.07, 6.45) is 11.4. The topological polar surface area (TPSA) is 48.5 Å². The van der Waals surface area contributed by atoms with Crippen molar-refractivity contribution in [2.24, 2.45) is 0 Å². The zero-order valence-electron chi connectivity index (χ0n) is 12.9. The van der Waals surface area contributed by atoms with Gasteiger partial charge in [-0.05, 0) is 35.4 Å². The van der Waals surface area contributed by atoms with Crippen molar-refractivity contribution in [3.8, 4) is 11.6 Å². The molecule has 5 heteroatoms. The number of hydrogen-bond acceptors (Lipinski definition) is 3. The van der Waals surface area contributed by atoms with Gasteiger partial charge in [0.05, 0.1) is 0 Å². The van der Waals surface area contributed by atoms with Crippen LogP contribution >= 0.6 is 0 Å². The van der Waals surface area contributed by atoms with Crippen LogP contribution < -0.4 is 0 Å². The standard InChI is InChI=1S/C19H15N5/c1-2-6-16(7-3-1)8-9-17-14-18(23-12-4-10-20-23)22-19(15-17)24-13-5-11-21-24/h1-15H/b9-8+. The van der Waals surface area contributed by atoms with E-state index in [1.807, 2.05) is 54.9 Å². The van der Waals surface area contributed by atoms with E-state index in [-0.39, 0.29) is 0 Å². The molecule has 1 aromatic carbocycles. The first-order chi connectivity index (χ1) is 11.9. The van der Waals surface area contributed by atoms with E-state index in [1.165, 1.54) is 0 Å². The van der Waals surface area contributed by atoms with Gasteiger partial charge in [-0.2, -0.15) is 10.2 Å². The molecule has 0 saturated carbocycles. The lowest BCUT2D eigenvalue weighted by Crippen LogP contribution is -2.04. The lowest BCUT2D eigenvalue weighted by Gasteiger charge is -2.07. The summed E-state index contributed by atoms with van der Waals surface area (Å²) in [6.45, 7) is 0. The molecule has 24 heavy (non-hydrogen) atoms. The molecule has 0 spiro atoms. The summed E-state index contributed by atoms with van der Waals surface area (Å²) in [4.78, 5) is 4.64. The fourth-order valence-electron chi connectivity index (χ4n) is 2.42. The Morgan fingerprint density at radius 3 is 1.79 bits per heavy atom. The van der Waals surface area contributed by atoms with E-state index in [4.69, 9.17) is 0 Å². The average molecular weight is 313 g/mol. The van der Waals surface area contributed by atoms with Crippen LogP contribution in [0.25, 0.3) is 23.8 Å². The van der Waals surface area contributed by atoms with Crippen LogP contribution in [-0.4, -0.2) is 24.5 Å². The maximum Gasteiger partial charge on any atom is 0.156 e. The molecular formula is C19H15N5. The molecule has 0 aliphatic heterocycles. The molecule has 0 radical (unpaired) electrons. The fourth-order valence-corrected chi connectivity index (χ4v) is 2.42. The molecule has 0 aliphatic carbocycles. The van der Waals surface area contributed by atoms with Crippen LogP contribution in [0.4, 0.5) is 0 Å². The number of hydrogen-bond donors (Lipinski definition) is 0. The molecule has 116 valence electrons. The van der Waals surface area contributed by atoms with Crippen LogP contribution in [-0.2, 0) is 0 Å². The van der Waals surface area contributed by atoms with Crippen molar-refractivity contribution in [2.75, 3.05) is 0 Å². The van der Waals surface area contributed by atoms with E-state index in [9.17, 15) is 0 Å². The van der Waals surface area contributed by atoms with Crippen molar-refractivity contribution in [3.63, 3.8) is 0 Å². The summed E-state index contributed by atoms with van der Waals surface area (Å²) in [5, 5.41) is 8.54. The van der Waals surface area contributed by atoms with Gasteiger partial charge in [0, 0.05) is 24.8 Å². The van der Waals surface area contributed by atoms with Gasteiger partial charge in [-0.1, -0.05) is 42.5 Å². The predicted molar refractivity (Wildman–Crippen MR) is 93.9 cm³/mol. The normalized spacial score (nSPS) is 11.2. The molecular weight excluding hydrogens is 298 g/mol. The van der Waals surface area contributed by atoms with Gasteiger partial charge in [0.15, 0.2) is 11.6 Å². The molecule has 0 fully saturated rings. The molecule has 4 rings (SSSR count). The Labute approximate surface area is 139 Å². The Morgan fingerprint density at radius 2 is 1.25 bits per heavy atom. The molecule has 0 bridgehead atoms. The third kappa shape index (κ3) is 3.01. The van der Waals surface area contributed by atoms with Crippen molar-refractivity contribution >= 4 is 12.2 Å². The molecule has 0 amide bonds. The number of benzene rings is 1. The van der Waals surface area contributed by atoms with Gasteiger partial charge < -0.3 is 0 Å². The lowest BCUT2D eigenvalue weighted by atomic mass is 10.1. The van der Waals surface area contributed by atoms with E-state index in [2.05, 4.69) is 39.5 Å². The second-order valence-corrected chi connectivity index (χ2v) is 5.26. The van der Waals surface area contributed by atoms with Gasteiger partial charge in [0.1, 0.15) is 0 Å². The maximum atomic E-state index is 4.64. The smallest absolute Gasteiger partial charge is 0.156 e. The molecule has 0 aliphatic rings. The van der Waals surface area contributed by atoms with E-state index in [1.54, 1.807) is 21.8 Å². The third-order valence-electron chi connectivity index (χ3n) is 3.57. The van der Waals surface area contributed by atoms with Crippen LogP contribution in [0.15, 0.2) is 79.4 Å². The minimum atomic E-state index is 0.751. The SMILES string of the molecule is C(=C\c1cc(-n2cccn2)nc(-n2cccn2)c1)/c1ccccc1. The zero-order chi connectivity index (χ0) is 16.2. The van der Waals surface area contributed by atoms with Crippen LogP contribution in [0.5, 0.6) is 0 Å². The first kappa shape index (κ1) is 14.1. The molecule has 0 N–H and O–H groups in total. The van der Waals surface area contributed by atoms with Crippen molar-refractivity contribution in [3.05, 3.63) is 90.5 Å². The highest BCUT2D eigenvalue weighted by Crippen LogP contribution is 2.15. The quantitative estimate of drug-likeness (QED) is 0.578. The summed E-state index contributed by atoms with van der Waals surface area (Å²) in [7, 11) is 0. The first-order valence-corrected chi connectivity index (χ1v) is 7.64. The van der Waals surface area contributed by atoms with Crippen LogP contribution in [0.2, 0.25) is 0 Å². The van der Waals surface area contributed by atoms with Crippen molar-refractivity contribution in [1.29, 1.82) is 0 Å². The predicted octanol–water partition coefficient (Wildman–Crippen LogP) is 3.62. The van der Waals surface area contributed by atoms with Gasteiger partial charge in [-0.25, -0.2) is 14.3 Å². The molecule has 0 atom stereocenters. The van der Waals surface area contributed by atoms with E-state index >= 15 is 0 Å². The second-order valence-electron chi connectivity index (χ2n) is 5.26. The molecule has 4 aromatic rings. The van der Waals surface area contributed by atoms with Gasteiger partial charge >= 0.3 is 0 Å². The summed E-state index contributed by atoms with van der Waals surface area (Å²) < 4.78 is 3.49. The van der Waals surface area contributed by atoms with Crippen molar-refractivity contribution in [2.45, 2.75) is 0 Å². The summed E-state index contributed by atoms with van der Waals surface area (Å²) in [5.41, 5.74) is 2.18. The van der Waals surface area contributed by atoms with Gasteiger partial charge in [0.2, 0.25) is 0 Å². The monoisotopic (exact) mass is 313 g/mol. The molecule has 3 heterocycles. The number of rotatable bonds is 4. The van der Waals surface area contributed by atoms with E-state index in [0.29, 0.717) is 0 Å². The Morgan fingerprint density at radius 1 is 0.667 bits per heavy atom. The van der Waals surface area contributed by atoms with Crippen LogP contribution in [0, 0.1) is 0 Å². The Balaban J connectivity index is 1.77. The maximum absolute atomic E-state index is 4.64. The van der Waals surface area contributed by atoms with Crippen LogP contribution in [0.3, 0.4) is 0 Å². The van der Waals surface area contributed by atoms with Gasteiger partial charge in [-0.3, -0.25) is 0 Å². The summed E-state index contributed by atoms with van der Waals surface area (Å²) in [6, 6.07) is 18.0. The number of aromatic nitrogens is 5. The van der Waals surface area contributed by atoms with Crippen molar-refractivity contribution < 1.29 is 0 Å². The average Bonchev–Trinajstić information content (AvgIpc) is 3.34. The van der Waals surface area contributed by atoms with Gasteiger partial charge in [0.25, 0.3) is 0 Å². The highest BCUT2D eigenvalue weighted by atomic mass is 15.3. The van der Waals surface area contributed by atoms with E-state index < -0.39 is 0 Å². The van der Waals surface area contributed by atoms with Gasteiger partial charge in [-0.15, -0.1) is 0 Å². The minimum Gasteiger partial charge on any atom is -0.223 e. The largest absolute Gasteiger partial charge is 0.223 e. The Kier molecular flexibility index (Phi) is 3.73. The molecule has 0 saturated heterocycles. The fraction of sp³-hybridized carbons (Fsp3) is 0. The summed E-state index contributed by atoms with van der Waals surface area (Å²) in [5.74, 6) is 1.50. The number of pyridine rings is 1. The third-order valence-corrected chi connectivity index (χ3v) is 3.57. The highest BCUT2D eigenvalue weighted by Gasteiger charge is 2.05. The Bertz CT molecular complexity index is 886. The highest BCUT2D eigenvalue weighted by molar-refractivity contribution is 5.70. The van der Waals surface area contributed by atoms with Crippen molar-refractivity contribution in [1.82, 2.24) is 24.5 Å². The van der Waals surface area contributed by atoms with E-state index in [0.717, 1.165) is 22.8 Å². The minimum absolute atomic E-state index is 0.751. The Hall–Kier alpha value is -3.47. The number of nitrogens with zero attached hydrogens (tertiary/aromatic N) is 5.